The van der Waals surface area contributed by atoms with Crippen molar-refractivity contribution in [3.63, 3.8) is 0 Å². The van der Waals surface area contributed by atoms with Gasteiger partial charge in [-0.3, -0.25) is 9.97 Å². The summed E-state index contributed by atoms with van der Waals surface area (Å²) in [4.78, 5) is 13.1. The number of fused-ring (bicyclic) bond motifs is 2. The number of pyridine rings is 2. The van der Waals surface area contributed by atoms with Gasteiger partial charge in [0, 0.05) is 64.3 Å². The van der Waals surface area contributed by atoms with Crippen LogP contribution in [0.2, 0.25) is 0 Å². The molecule has 1 aromatic carbocycles. The molecule has 3 aromatic heterocycles. The first-order valence-electron chi connectivity index (χ1n) is 9.86. The summed E-state index contributed by atoms with van der Waals surface area (Å²) < 4.78 is 0. The average Bonchev–Trinajstić information content (AvgIpc) is 3.03. The minimum absolute atomic E-state index is 0.922. The van der Waals surface area contributed by atoms with Crippen molar-refractivity contribution >= 4 is 10.9 Å². The predicted molar refractivity (Wildman–Crippen MR) is 114 cm³/mol. The van der Waals surface area contributed by atoms with Crippen LogP contribution in [-0.4, -0.2) is 21.5 Å². The second-order valence-corrected chi connectivity index (χ2v) is 7.75. The van der Waals surface area contributed by atoms with E-state index in [2.05, 4.69) is 64.7 Å². The molecular formula is C24H24N4. The Morgan fingerprint density at radius 2 is 1.68 bits per heavy atom. The zero-order chi connectivity index (χ0) is 19.3. The summed E-state index contributed by atoms with van der Waals surface area (Å²) in [6.07, 6.45) is 0.998. The molecule has 4 nitrogen and oxygen atoms in total. The van der Waals surface area contributed by atoms with Crippen molar-refractivity contribution in [3.05, 3.63) is 70.7 Å². The lowest BCUT2D eigenvalue weighted by atomic mass is 10.0. The third kappa shape index (κ3) is 2.90. The number of nitrogens with one attached hydrogen (secondary N) is 2. The third-order valence-corrected chi connectivity index (χ3v) is 5.65. The van der Waals surface area contributed by atoms with Crippen LogP contribution < -0.4 is 5.32 Å². The van der Waals surface area contributed by atoms with Gasteiger partial charge in [0.25, 0.3) is 0 Å². The monoisotopic (exact) mass is 368 g/mol. The Kier molecular flexibility index (Phi) is 4.02. The summed E-state index contributed by atoms with van der Waals surface area (Å²) in [5.74, 6) is 0. The lowest BCUT2D eigenvalue weighted by Crippen LogP contribution is -2.24. The van der Waals surface area contributed by atoms with Gasteiger partial charge in [0.2, 0.25) is 0 Å². The average molecular weight is 368 g/mol. The van der Waals surface area contributed by atoms with Crippen LogP contribution in [0.3, 0.4) is 0 Å². The number of nitrogens with zero attached hydrogens (tertiary/aromatic N) is 2. The first kappa shape index (κ1) is 17.1. The number of hydrogen-bond acceptors (Lipinski definition) is 3. The molecule has 0 unspecified atom stereocenters. The van der Waals surface area contributed by atoms with E-state index in [-0.39, 0.29) is 0 Å². The van der Waals surface area contributed by atoms with Crippen LogP contribution in [0.1, 0.15) is 28.2 Å². The van der Waals surface area contributed by atoms with Crippen LogP contribution in [0.5, 0.6) is 0 Å². The molecule has 0 radical (unpaired) electrons. The Balaban J connectivity index is 1.60. The van der Waals surface area contributed by atoms with Gasteiger partial charge in [-0.2, -0.15) is 0 Å². The fraction of sp³-hybridized carbons (Fsp3) is 0.250. The van der Waals surface area contributed by atoms with E-state index >= 15 is 0 Å². The Hall–Kier alpha value is -2.98. The SMILES string of the molecule is Cc1cc(-c2[nH]c3cc(-c4ccc5c(n4)CCNC5)ccc3c2C)cc(C)n1. The van der Waals surface area contributed by atoms with E-state index < -0.39 is 0 Å². The Morgan fingerprint density at radius 1 is 0.857 bits per heavy atom. The van der Waals surface area contributed by atoms with E-state index in [0.717, 1.165) is 47.7 Å². The molecule has 140 valence electrons. The molecule has 1 aliphatic rings. The highest BCUT2D eigenvalue weighted by molar-refractivity contribution is 5.93. The Labute approximate surface area is 165 Å². The fourth-order valence-electron chi connectivity index (χ4n) is 4.26. The number of hydrogen-bond donors (Lipinski definition) is 2. The van der Waals surface area contributed by atoms with Crippen molar-refractivity contribution in [2.45, 2.75) is 33.7 Å². The quantitative estimate of drug-likeness (QED) is 0.531. The van der Waals surface area contributed by atoms with Crippen LogP contribution >= 0.6 is 0 Å². The number of rotatable bonds is 2. The normalized spacial score (nSPS) is 13.7. The van der Waals surface area contributed by atoms with E-state index in [0.29, 0.717) is 0 Å². The molecule has 4 aromatic rings. The molecular weight excluding hydrogens is 344 g/mol. The van der Waals surface area contributed by atoms with Gasteiger partial charge in [-0.05, 0) is 56.2 Å². The van der Waals surface area contributed by atoms with E-state index in [1.165, 1.54) is 33.5 Å². The molecule has 0 fully saturated rings. The van der Waals surface area contributed by atoms with Crippen LogP contribution in [-0.2, 0) is 13.0 Å². The van der Waals surface area contributed by atoms with Gasteiger partial charge >= 0.3 is 0 Å². The van der Waals surface area contributed by atoms with E-state index in [1.54, 1.807) is 0 Å². The van der Waals surface area contributed by atoms with Crippen molar-refractivity contribution in [2.24, 2.45) is 0 Å². The van der Waals surface area contributed by atoms with Gasteiger partial charge in [-0.25, -0.2) is 0 Å². The van der Waals surface area contributed by atoms with E-state index in [1.807, 2.05) is 13.8 Å². The lowest BCUT2D eigenvalue weighted by Gasteiger charge is -2.16. The second-order valence-electron chi connectivity index (χ2n) is 7.75. The summed E-state index contributed by atoms with van der Waals surface area (Å²) in [5, 5.41) is 4.66. The number of aromatic amines is 1. The minimum atomic E-state index is 0.922. The van der Waals surface area contributed by atoms with Crippen molar-refractivity contribution in [1.82, 2.24) is 20.3 Å². The van der Waals surface area contributed by atoms with Crippen LogP contribution in [0.4, 0.5) is 0 Å². The summed E-state index contributed by atoms with van der Waals surface area (Å²) in [6, 6.07) is 15.3. The highest BCUT2D eigenvalue weighted by atomic mass is 14.9. The number of aromatic nitrogens is 3. The number of H-pyrrole nitrogens is 1. The molecule has 28 heavy (non-hydrogen) atoms. The summed E-state index contributed by atoms with van der Waals surface area (Å²) in [5.41, 5.74) is 11.6. The highest BCUT2D eigenvalue weighted by Crippen LogP contribution is 2.32. The zero-order valence-electron chi connectivity index (χ0n) is 16.6. The topological polar surface area (TPSA) is 53.6 Å². The minimum Gasteiger partial charge on any atom is -0.354 e. The Morgan fingerprint density at radius 3 is 2.50 bits per heavy atom. The maximum absolute atomic E-state index is 4.94. The second kappa shape index (κ2) is 6.57. The molecule has 0 spiro atoms. The molecule has 0 bridgehead atoms. The predicted octanol–water partition coefficient (Wildman–Crippen LogP) is 4.86. The molecule has 0 saturated heterocycles. The smallest absolute Gasteiger partial charge is 0.0706 e. The van der Waals surface area contributed by atoms with Crippen LogP contribution in [0.15, 0.2) is 42.5 Å². The first-order valence-corrected chi connectivity index (χ1v) is 9.86. The molecule has 0 atom stereocenters. The molecule has 4 heteroatoms. The van der Waals surface area contributed by atoms with Gasteiger partial charge in [0.1, 0.15) is 0 Å². The molecule has 5 rings (SSSR count). The van der Waals surface area contributed by atoms with Crippen molar-refractivity contribution in [2.75, 3.05) is 6.54 Å². The lowest BCUT2D eigenvalue weighted by molar-refractivity contribution is 0.631. The molecule has 1 aliphatic heterocycles. The van der Waals surface area contributed by atoms with Gasteiger partial charge in [-0.1, -0.05) is 18.2 Å². The molecule has 2 N–H and O–H groups in total. The first-order chi connectivity index (χ1) is 13.6. The van der Waals surface area contributed by atoms with Crippen molar-refractivity contribution in [3.8, 4) is 22.5 Å². The summed E-state index contributed by atoms with van der Waals surface area (Å²) >= 11 is 0. The Bertz CT molecular complexity index is 1180. The van der Waals surface area contributed by atoms with Gasteiger partial charge in [-0.15, -0.1) is 0 Å². The van der Waals surface area contributed by atoms with E-state index in [9.17, 15) is 0 Å². The molecule has 4 heterocycles. The molecule has 0 saturated carbocycles. The van der Waals surface area contributed by atoms with Crippen molar-refractivity contribution < 1.29 is 0 Å². The van der Waals surface area contributed by atoms with Crippen LogP contribution in [0.25, 0.3) is 33.4 Å². The standard InChI is InChI=1S/C24H24N4/c1-14-10-19(11-15(2)26-14)24-16(3)20-6-4-17(12-23(20)28-24)21-7-5-18-13-25-9-8-22(18)27-21/h4-7,10-12,25,28H,8-9,13H2,1-3H3. The van der Waals surface area contributed by atoms with Gasteiger partial charge in [0.15, 0.2) is 0 Å². The number of aryl methyl sites for hydroxylation is 3. The van der Waals surface area contributed by atoms with Crippen molar-refractivity contribution in [1.29, 1.82) is 0 Å². The maximum Gasteiger partial charge on any atom is 0.0706 e. The largest absolute Gasteiger partial charge is 0.354 e. The highest BCUT2D eigenvalue weighted by Gasteiger charge is 2.14. The fourth-order valence-corrected chi connectivity index (χ4v) is 4.26. The third-order valence-electron chi connectivity index (χ3n) is 5.65. The summed E-state index contributed by atoms with van der Waals surface area (Å²) in [7, 11) is 0. The maximum atomic E-state index is 4.94. The van der Waals surface area contributed by atoms with Gasteiger partial charge < -0.3 is 10.3 Å². The molecule has 0 amide bonds. The zero-order valence-corrected chi connectivity index (χ0v) is 16.6. The van der Waals surface area contributed by atoms with E-state index in [4.69, 9.17) is 4.98 Å². The molecule has 0 aliphatic carbocycles. The number of benzene rings is 1. The van der Waals surface area contributed by atoms with Crippen LogP contribution in [0, 0.1) is 20.8 Å². The summed E-state index contributed by atoms with van der Waals surface area (Å²) in [6.45, 7) is 8.20. The van der Waals surface area contributed by atoms with Gasteiger partial charge in [0.05, 0.1) is 5.69 Å².